The molecule has 2 rings (SSSR count). The summed E-state index contributed by atoms with van der Waals surface area (Å²) in [7, 11) is 0. The molecule has 1 N–H and O–H groups in total. The molecule has 0 radical (unpaired) electrons. The first kappa shape index (κ1) is 12.9. The van der Waals surface area contributed by atoms with Gasteiger partial charge in [0.2, 0.25) is 5.91 Å². The third-order valence-corrected chi connectivity index (χ3v) is 4.32. The number of rotatable bonds is 1. The minimum absolute atomic E-state index is 0.0744. The van der Waals surface area contributed by atoms with Crippen LogP contribution in [0, 0.1) is 5.41 Å². The summed E-state index contributed by atoms with van der Waals surface area (Å²) in [6.07, 6.45) is 5.91. The molecular formula is C14H26N2O. The smallest absolute Gasteiger partial charge is 0.228 e. The van der Waals surface area contributed by atoms with Gasteiger partial charge in [-0.25, -0.2) is 0 Å². The van der Waals surface area contributed by atoms with E-state index in [2.05, 4.69) is 31.0 Å². The summed E-state index contributed by atoms with van der Waals surface area (Å²) < 4.78 is 0. The zero-order valence-corrected chi connectivity index (χ0v) is 11.5. The van der Waals surface area contributed by atoms with Crippen LogP contribution in [-0.2, 0) is 4.79 Å². The fraction of sp³-hybridized carbons (Fsp3) is 0.929. The Hall–Kier alpha value is -0.570. The third-order valence-electron chi connectivity index (χ3n) is 4.32. The lowest BCUT2D eigenvalue weighted by atomic mass is 9.74. The Morgan fingerprint density at radius 3 is 2.18 bits per heavy atom. The summed E-state index contributed by atoms with van der Waals surface area (Å²) in [6, 6.07) is 0.852. The highest BCUT2D eigenvalue weighted by Gasteiger charge is 2.39. The van der Waals surface area contributed by atoms with Gasteiger partial charge < -0.3 is 10.2 Å². The standard InChI is InChI=1S/C14H26N2O/c1-11-9-16(10-12(2)15-11)13(17)14(3)7-5-4-6-8-14/h11-12,15H,4-10H2,1-3H3. The van der Waals surface area contributed by atoms with Crippen molar-refractivity contribution in [2.24, 2.45) is 5.41 Å². The summed E-state index contributed by atoms with van der Waals surface area (Å²) in [6.45, 7) is 8.25. The number of hydrogen-bond acceptors (Lipinski definition) is 2. The normalized spacial score (nSPS) is 33.5. The molecule has 2 atom stereocenters. The number of carbonyl (C=O) groups is 1. The Labute approximate surface area is 105 Å². The second kappa shape index (κ2) is 4.97. The molecule has 1 aliphatic heterocycles. The lowest BCUT2D eigenvalue weighted by Crippen LogP contribution is -2.58. The van der Waals surface area contributed by atoms with Crippen molar-refractivity contribution < 1.29 is 4.79 Å². The predicted molar refractivity (Wildman–Crippen MR) is 69.8 cm³/mol. The molecule has 2 unspecified atom stereocenters. The van der Waals surface area contributed by atoms with Crippen LogP contribution < -0.4 is 5.32 Å². The zero-order valence-electron chi connectivity index (χ0n) is 11.5. The molecule has 2 aliphatic rings. The molecule has 1 heterocycles. The lowest BCUT2D eigenvalue weighted by Gasteiger charge is -2.42. The molecule has 98 valence electrons. The van der Waals surface area contributed by atoms with E-state index >= 15 is 0 Å². The van der Waals surface area contributed by atoms with Crippen molar-refractivity contribution in [2.75, 3.05) is 13.1 Å². The van der Waals surface area contributed by atoms with Gasteiger partial charge >= 0.3 is 0 Å². The van der Waals surface area contributed by atoms with Crippen molar-refractivity contribution in [2.45, 2.75) is 65.0 Å². The van der Waals surface area contributed by atoms with E-state index in [1.165, 1.54) is 19.3 Å². The number of nitrogens with one attached hydrogen (secondary N) is 1. The van der Waals surface area contributed by atoms with Gasteiger partial charge in [0.15, 0.2) is 0 Å². The molecule has 1 amide bonds. The van der Waals surface area contributed by atoms with Crippen LogP contribution in [0.5, 0.6) is 0 Å². The maximum atomic E-state index is 12.7. The first-order valence-corrected chi connectivity index (χ1v) is 7.07. The molecule has 1 saturated carbocycles. The van der Waals surface area contributed by atoms with Gasteiger partial charge in [0.05, 0.1) is 0 Å². The highest BCUT2D eigenvalue weighted by molar-refractivity contribution is 5.82. The van der Waals surface area contributed by atoms with Crippen LogP contribution in [0.15, 0.2) is 0 Å². The van der Waals surface area contributed by atoms with E-state index in [4.69, 9.17) is 0 Å². The zero-order chi connectivity index (χ0) is 12.5. The van der Waals surface area contributed by atoms with Gasteiger partial charge in [-0.15, -0.1) is 0 Å². The van der Waals surface area contributed by atoms with Gasteiger partial charge in [-0.3, -0.25) is 4.79 Å². The van der Waals surface area contributed by atoms with Crippen LogP contribution in [0.4, 0.5) is 0 Å². The molecule has 0 spiro atoms. The van der Waals surface area contributed by atoms with Crippen molar-refractivity contribution >= 4 is 5.91 Å². The van der Waals surface area contributed by atoms with Crippen LogP contribution >= 0.6 is 0 Å². The SMILES string of the molecule is CC1CN(C(=O)C2(C)CCCCC2)CC(C)N1. The Balaban J connectivity index is 2.03. The van der Waals surface area contributed by atoms with E-state index in [1.807, 2.05) is 0 Å². The lowest BCUT2D eigenvalue weighted by molar-refractivity contribution is -0.145. The number of hydrogen-bond donors (Lipinski definition) is 1. The van der Waals surface area contributed by atoms with Crippen molar-refractivity contribution in [3.8, 4) is 0 Å². The van der Waals surface area contributed by atoms with Crippen molar-refractivity contribution in [1.82, 2.24) is 10.2 Å². The number of nitrogens with zero attached hydrogens (tertiary/aromatic N) is 1. The van der Waals surface area contributed by atoms with Crippen LogP contribution in [0.1, 0.15) is 52.9 Å². The second-order valence-electron chi connectivity index (χ2n) is 6.30. The van der Waals surface area contributed by atoms with Gasteiger partial charge in [-0.2, -0.15) is 0 Å². The number of carbonyl (C=O) groups excluding carboxylic acids is 1. The van der Waals surface area contributed by atoms with Crippen LogP contribution in [0.25, 0.3) is 0 Å². The topological polar surface area (TPSA) is 32.3 Å². The minimum Gasteiger partial charge on any atom is -0.339 e. The first-order chi connectivity index (χ1) is 8.01. The van der Waals surface area contributed by atoms with Gasteiger partial charge in [-0.05, 0) is 26.7 Å². The maximum absolute atomic E-state index is 12.7. The Morgan fingerprint density at radius 1 is 1.12 bits per heavy atom. The van der Waals surface area contributed by atoms with E-state index < -0.39 is 0 Å². The molecule has 2 fully saturated rings. The molecule has 1 saturated heterocycles. The van der Waals surface area contributed by atoms with E-state index in [1.54, 1.807) is 0 Å². The Kier molecular flexibility index (Phi) is 3.76. The van der Waals surface area contributed by atoms with Gasteiger partial charge in [0.1, 0.15) is 0 Å². The fourth-order valence-corrected chi connectivity index (χ4v) is 3.42. The molecule has 0 bridgehead atoms. The fourth-order valence-electron chi connectivity index (χ4n) is 3.42. The van der Waals surface area contributed by atoms with Gasteiger partial charge in [0.25, 0.3) is 0 Å². The van der Waals surface area contributed by atoms with E-state index in [9.17, 15) is 4.79 Å². The van der Waals surface area contributed by atoms with Crippen molar-refractivity contribution in [3.05, 3.63) is 0 Å². The summed E-state index contributed by atoms with van der Waals surface area (Å²) in [4.78, 5) is 14.8. The third kappa shape index (κ3) is 2.82. The summed E-state index contributed by atoms with van der Waals surface area (Å²) in [5.41, 5.74) is -0.0744. The number of amides is 1. The molecule has 17 heavy (non-hydrogen) atoms. The maximum Gasteiger partial charge on any atom is 0.228 e. The quantitative estimate of drug-likeness (QED) is 0.759. The Bertz CT molecular complexity index is 274. The molecule has 3 nitrogen and oxygen atoms in total. The summed E-state index contributed by atoms with van der Waals surface area (Å²) in [5, 5.41) is 3.49. The van der Waals surface area contributed by atoms with Crippen LogP contribution in [0.2, 0.25) is 0 Å². The predicted octanol–water partition coefficient (Wildman–Crippen LogP) is 2.17. The van der Waals surface area contributed by atoms with Gasteiger partial charge in [-0.1, -0.05) is 26.2 Å². The molecule has 0 aromatic rings. The van der Waals surface area contributed by atoms with Crippen LogP contribution in [-0.4, -0.2) is 36.0 Å². The average Bonchev–Trinajstić information content (AvgIpc) is 2.27. The highest BCUT2D eigenvalue weighted by Crippen LogP contribution is 2.37. The highest BCUT2D eigenvalue weighted by atomic mass is 16.2. The largest absolute Gasteiger partial charge is 0.339 e. The van der Waals surface area contributed by atoms with Crippen molar-refractivity contribution in [1.29, 1.82) is 0 Å². The molecule has 0 aromatic carbocycles. The number of piperazine rings is 1. The molecular weight excluding hydrogens is 212 g/mol. The minimum atomic E-state index is -0.0744. The van der Waals surface area contributed by atoms with E-state index in [-0.39, 0.29) is 5.41 Å². The molecule has 3 heteroatoms. The Morgan fingerprint density at radius 2 is 1.65 bits per heavy atom. The first-order valence-electron chi connectivity index (χ1n) is 7.07. The van der Waals surface area contributed by atoms with Crippen LogP contribution in [0.3, 0.4) is 0 Å². The van der Waals surface area contributed by atoms with Crippen molar-refractivity contribution in [3.63, 3.8) is 0 Å². The van der Waals surface area contributed by atoms with Gasteiger partial charge in [0, 0.05) is 30.6 Å². The summed E-state index contributed by atoms with van der Waals surface area (Å²) in [5.74, 6) is 0.400. The average molecular weight is 238 g/mol. The molecule has 0 aromatic heterocycles. The monoisotopic (exact) mass is 238 g/mol. The van der Waals surface area contributed by atoms with E-state index in [0.717, 1.165) is 25.9 Å². The van der Waals surface area contributed by atoms with E-state index in [0.29, 0.717) is 18.0 Å². The second-order valence-corrected chi connectivity index (χ2v) is 6.30. The summed E-state index contributed by atoms with van der Waals surface area (Å²) >= 11 is 0. The molecule has 1 aliphatic carbocycles.